The van der Waals surface area contributed by atoms with Gasteiger partial charge in [-0.3, -0.25) is 0 Å². The van der Waals surface area contributed by atoms with Crippen LogP contribution in [0, 0.1) is 0 Å². The Morgan fingerprint density at radius 2 is 0.774 bits per heavy atom. The number of nitrogens with zero attached hydrogens (tertiary/aromatic N) is 4. The van der Waals surface area contributed by atoms with Crippen LogP contribution in [0.5, 0.6) is 0 Å². The molecule has 9 aromatic carbocycles. The van der Waals surface area contributed by atoms with Crippen LogP contribution in [0.2, 0.25) is 0 Å². The molecule has 0 amide bonds. The predicted octanol–water partition coefficient (Wildman–Crippen LogP) is 15.3. The zero-order valence-electron chi connectivity index (χ0n) is 33.5. The molecule has 0 fully saturated rings. The molecule has 12 aromatic rings. The quantitative estimate of drug-likeness (QED) is 0.161. The van der Waals surface area contributed by atoms with E-state index in [0.717, 1.165) is 50.1 Å². The van der Waals surface area contributed by atoms with Gasteiger partial charge in [0, 0.05) is 47.6 Å². The molecule has 0 radical (unpaired) electrons. The Morgan fingerprint density at radius 1 is 0.306 bits per heavy atom. The molecule has 12 rings (SSSR count). The van der Waals surface area contributed by atoms with E-state index in [1.165, 1.54) is 47.6 Å². The summed E-state index contributed by atoms with van der Waals surface area (Å²) in [6.45, 7) is 0. The Kier molecular flexibility index (Phi) is 8.65. The topological polar surface area (TPSA) is 43.6 Å². The normalized spacial score (nSPS) is 11.5. The summed E-state index contributed by atoms with van der Waals surface area (Å²) in [5.74, 6) is 1.85. The summed E-state index contributed by atoms with van der Waals surface area (Å²) in [6, 6.07) is 77.5. The molecule has 0 atom stereocenters. The minimum Gasteiger partial charge on any atom is -0.308 e. The van der Waals surface area contributed by atoms with Crippen molar-refractivity contribution in [3.05, 3.63) is 218 Å². The Bertz CT molecular complexity index is 3550. The molecule has 0 saturated carbocycles. The van der Waals surface area contributed by atoms with Crippen LogP contribution in [-0.4, -0.2) is 19.5 Å². The smallest absolute Gasteiger partial charge is 0.166 e. The van der Waals surface area contributed by atoms with Gasteiger partial charge in [0.2, 0.25) is 0 Å². The second kappa shape index (κ2) is 14.9. The summed E-state index contributed by atoms with van der Waals surface area (Å²) in [7, 11) is 0. The SMILES string of the molecule is c1ccc(-c2ccc(-c3ccc(-c4nc(-c5ccccc5)nc(-c5ccc(-c6cccc7c6sc6ccccc67)cc5)n4)c(-n4c5ccccc5c5ccccc54)c3)cc2)cc1. The van der Waals surface area contributed by atoms with Crippen molar-refractivity contribution in [2.24, 2.45) is 0 Å². The number of rotatable bonds is 7. The summed E-state index contributed by atoms with van der Waals surface area (Å²) < 4.78 is 4.96. The van der Waals surface area contributed by atoms with Crippen LogP contribution in [0.3, 0.4) is 0 Å². The number of aromatic nitrogens is 4. The van der Waals surface area contributed by atoms with Gasteiger partial charge >= 0.3 is 0 Å². The highest BCUT2D eigenvalue weighted by Crippen LogP contribution is 2.41. The van der Waals surface area contributed by atoms with Gasteiger partial charge in [-0.25, -0.2) is 15.0 Å². The monoisotopic (exact) mass is 808 g/mol. The number of thiophene rings is 1. The van der Waals surface area contributed by atoms with Gasteiger partial charge in [-0.2, -0.15) is 0 Å². The number of hydrogen-bond donors (Lipinski definition) is 0. The van der Waals surface area contributed by atoms with Gasteiger partial charge in [0.25, 0.3) is 0 Å². The van der Waals surface area contributed by atoms with E-state index in [1.807, 2.05) is 29.5 Å². The standard InChI is InChI=1S/C57H36N4S/c1-3-14-37(15-4-1)38-26-28-39(29-27-38)43-34-35-49(52(36-43)61-50-23-10-7-18-45(50)46-19-8-11-24-51(46)61)57-59-55(41-16-5-2-6-17-41)58-56(60-57)42-32-30-40(31-33-42)44-21-13-22-48-47-20-9-12-25-53(47)62-54(44)48/h1-36H. The van der Waals surface area contributed by atoms with Crippen LogP contribution < -0.4 is 0 Å². The maximum Gasteiger partial charge on any atom is 0.166 e. The van der Waals surface area contributed by atoms with Gasteiger partial charge in [0.1, 0.15) is 0 Å². The van der Waals surface area contributed by atoms with Crippen LogP contribution >= 0.6 is 11.3 Å². The first-order valence-electron chi connectivity index (χ1n) is 20.8. The molecule has 5 heteroatoms. The van der Waals surface area contributed by atoms with Crippen molar-refractivity contribution in [2.75, 3.05) is 0 Å². The molecule has 0 saturated heterocycles. The Hall–Kier alpha value is -7.99. The zero-order valence-corrected chi connectivity index (χ0v) is 34.3. The minimum absolute atomic E-state index is 0.607. The van der Waals surface area contributed by atoms with Crippen LogP contribution in [0.15, 0.2) is 218 Å². The molecule has 290 valence electrons. The van der Waals surface area contributed by atoms with E-state index in [2.05, 4.69) is 205 Å². The number of fused-ring (bicyclic) bond motifs is 6. The van der Waals surface area contributed by atoms with E-state index in [9.17, 15) is 0 Å². The average molecular weight is 809 g/mol. The zero-order chi connectivity index (χ0) is 41.0. The van der Waals surface area contributed by atoms with Crippen molar-refractivity contribution in [3.63, 3.8) is 0 Å². The molecule has 0 aliphatic carbocycles. The number of hydrogen-bond acceptors (Lipinski definition) is 4. The van der Waals surface area contributed by atoms with Crippen molar-refractivity contribution < 1.29 is 0 Å². The molecule has 0 aliphatic heterocycles. The van der Waals surface area contributed by atoms with Gasteiger partial charge in [-0.15, -0.1) is 11.3 Å². The van der Waals surface area contributed by atoms with E-state index in [1.54, 1.807) is 0 Å². The summed E-state index contributed by atoms with van der Waals surface area (Å²) in [6.07, 6.45) is 0. The van der Waals surface area contributed by atoms with Gasteiger partial charge < -0.3 is 4.57 Å². The lowest BCUT2D eigenvalue weighted by Gasteiger charge is -2.16. The predicted molar refractivity (Wildman–Crippen MR) is 260 cm³/mol. The first-order chi connectivity index (χ1) is 30.7. The van der Waals surface area contributed by atoms with Gasteiger partial charge in [0.15, 0.2) is 17.5 Å². The first kappa shape index (κ1) is 35.9. The molecule has 62 heavy (non-hydrogen) atoms. The van der Waals surface area contributed by atoms with Crippen LogP contribution in [0.1, 0.15) is 0 Å². The highest BCUT2D eigenvalue weighted by atomic mass is 32.1. The molecule has 0 spiro atoms. The molecule has 3 aromatic heterocycles. The second-order valence-corrected chi connectivity index (χ2v) is 16.6. The minimum atomic E-state index is 0.607. The van der Waals surface area contributed by atoms with Gasteiger partial charge in [-0.05, 0) is 63.7 Å². The summed E-state index contributed by atoms with van der Waals surface area (Å²) in [5, 5.41) is 4.97. The number of para-hydroxylation sites is 2. The molecular weight excluding hydrogens is 773 g/mol. The Balaban J connectivity index is 1.04. The van der Waals surface area contributed by atoms with Crippen molar-refractivity contribution in [1.82, 2.24) is 19.5 Å². The van der Waals surface area contributed by atoms with Crippen LogP contribution in [0.4, 0.5) is 0 Å². The highest BCUT2D eigenvalue weighted by Gasteiger charge is 2.21. The Morgan fingerprint density at radius 3 is 1.45 bits per heavy atom. The van der Waals surface area contributed by atoms with Gasteiger partial charge in [0.05, 0.1) is 16.7 Å². The lowest BCUT2D eigenvalue weighted by atomic mass is 9.98. The van der Waals surface area contributed by atoms with Crippen LogP contribution in [0.25, 0.3) is 115 Å². The fourth-order valence-corrected chi connectivity index (χ4v) is 10.1. The van der Waals surface area contributed by atoms with E-state index in [0.29, 0.717) is 17.5 Å². The van der Waals surface area contributed by atoms with E-state index in [4.69, 9.17) is 15.0 Å². The third kappa shape index (κ3) is 6.18. The van der Waals surface area contributed by atoms with E-state index < -0.39 is 0 Å². The van der Waals surface area contributed by atoms with Crippen LogP contribution in [-0.2, 0) is 0 Å². The fourth-order valence-electron chi connectivity index (χ4n) is 8.87. The van der Waals surface area contributed by atoms with E-state index >= 15 is 0 Å². The molecular formula is C57H36N4S. The van der Waals surface area contributed by atoms with Gasteiger partial charge in [-0.1, -0.05) is 188 Å². The largest absolute Gasteiger partial charge is 0.308 e. The van der Waals surface area contributed by atoms with Crippen molar-refractivity contribution in [2.45, 2.75) is 0 Å². The summed E-state index contributed by atoms with van der Waals surface area (Å²) in [5.41, 5.74) is 13.0. The lowest BCUT2D eigenvalue weighted by Crippen LogP contribution is -2.04. The number of benzene rings is 9. The lowest BCUT2D eigenvalue weighted by molar-refractivity contribution is 1.06. The molecule has 0 bridgehead atoms. The second-order valence-electron chi connectivity index (χ2n) is 15.6. The maximum absolute atomic E-state index is 5.33. The molecule has 0 unspecified atom stereocenters. The molecule has 4 nitrogen and oxygen atoms in total. The third-order valence-electron chi connectivity index (χ3n) is 11.9. The first-order valence-corrected chi connectivity index (χ1v) is 21.7. The van der Waals surface area contributed by atoms with E-state index in [-0.39, 0.29) is 0 Å². The molecule has 0 N–H and O–H groups in total. The highest BCUT2D eigenvalue weighted by molar-refractivity contribution is 7.26. The van der Waals surface area contributed by atoms with Crippen molar-refractivity contribution in [1.29, 1.82) is 0 Å². The average Bonchev–Trinajstić information content (AvgIpc) is 3.90. The fraction of sp³-hybridized carbons (Fsp3) is 0. The molecule has 3 heterocycles. The maximum atomic E-state index is 5.33. The Labute approximate surface area is 362 Å². The third-order valence-corrected chi connectivity index (χ3v) is 13.1. The molecule has 0 aliphatic rings. The summed E-state index contributed by atoms with van der Waals surface area (Å²) in [4.78, 5) is 15.7. The summed E-state index contributed by atoms with van der Waals surface area (Å²) >= 11 is 1.85. The van der Waals surface area contributed by atoms with Crippen molar-refractivity contribution >= 4 is 53.3 Å². The van der Waals surface area contributed by atoms with Crippen molar-refractivity contribution in [3.8, 4) is 73.2 Å².